The number of halogens is 1. The van der Waals surface area contributed by atoms with E-state index >= 15 is 0 Å². The zero-order chi connectivity index (χ0) is 13.4. The highest BCUT2D eigenvalue weighted by atomic mass is 79.9. The van der Waals surface area contributed by atoms with Crippen LogP contribution in [0.15, 0.2) is 28.7 Å². The van der Waals surface area contributed by atoms with Crippen LogP contribution in [0.4, 0.5) is 0 Å². The molecule has 0 aliphatic rings. The molecule has 0 unspecified atom stereocenters. The largest absolute Gasteiger partial charge is 0.383 e. The number of rotatable bonds is 8. The summed E-state index contributed by atoms with van der Waals surface area (Å²) in [6, 6.07) is 7.96. The molecule has 0 saturated heterocycles. The van der Waals surface area contributed by atoms with E-state index in [1.165, 1.54) is 0 Å². The third-order valence-electron chi connectivity index (χ3n) is 2.86. The second kappa shape index (κ2) is 8.40. The highest BCUT2D eigenvalue weighted by Gasteiger charge is 2.15. The lowest BCUT2D eigenvalue weighted by Crippen LogP contribution is -2.23. The van der Waals surface area contributed by atoms with Crippen molar-refractivity contribution >= 4 is 21.7 Å². The van der Waals surface area contributed by atoms with Crippen LogP contribution >= 0.6 is 15.9 Å². The number of ether oxygens (including phenoxy) is 1. The monoisotopic (exact) mass is 313 g/mol. The molecule has 0 aliphatic heterocycles. The number of hydrogen-bond acceptors (Lipinski definition) is 3. The molecule has 0 aromatic heterocycles. The first-order valence-corrected chi connectivity index (χ1v) is 6.90. The summed E-state index contributed by atoms with van der Waals surface area (Å²) < 4.78 is 5.99. The van der Waals surface area contributed by atoms with Crippen LogP contribution < -0.4 is 5.32 Å². The smallest absolute Gasteiger partial charge is 0.137 e. The van der Waals surface area contributed by atoms with Gasteiger partial charge in [0.2, 0.25) is 0 Å². The Labute approximate surface area is 117 Å². The van der Waals surface area contributed by atoms with E-state index < -0.39 is 0 Å². The molecule has 3 nitrogen and oxygen atoms in total. The molecular weight excluding hydrogens is 294 g/mol. The lowest BCUT2D eigenvalue weighted by atomic mass is 9.92. The van der Waals surface area contributed by atoms with Crippen molar-refractivity contribution < 1.29 is 9.53 Å². The molecular formula is C14H20BrNO2. The third-order valence-corrected chi connectivity index (χ3v) is 3.38. The van der Waals surface area contributed by atoms with Crippen molar-refractivity contribution in [2.24, 2.45) is 0 Å². The summed E-state index contributed by atoms with van der Waals surface area (Å²) in [5.74, 6) is 0.194. The normalized spacial score (nSPS) is 12.4. The summed E-state index contributed by atoms with van der Waals surface area (Å²) in [5, 5.41) is 3.27. The Morgan fingerprint density at radius 3 is 2.56 bits per heavy atom. The predicted molar refractivity (Wildman–Crippen MR) is 76.9 cm³/mol. The number of carbonyl (C=O) groups is 1. The van der Waals surface area contributed by atoms with Gasteiger partial charge in [0.25, 0.3) is 0 Å². The van der Waals surface area contributed by atoms with Gasteiger partial charge in [-0.2, -0.15) is 0 Å². The van der Waals surface area contributed by atoms with Crippen LogP contribution in [0.25, 0.3) is 0 Å². The minimum Gasteiger partial charge on any atom is -0.383 e. The molecule has 0 fully saturated rings. The van der Waals surface area contributed by atoms with Gasteiger partial charge in [-0.05, 0) is 37.6 Å². The van der Waals surface area contributed by atoms with E-state index in [2.05, 4.69) is 21.2 Å². The molecule has 100 valence electrons. The number of benzene rings is 1. The first-order valence-electron chi connectivity index (χ1n) is 6.10. The number of nitrogens with one attached hydrogen (secondary N) is 1. The predicted octanol–water partition coefficient (Wildman–Crippen LogP) is 2.75. The zero-order valence-corrected chi connectivity index (χ0v) is 12.5. The number of Topliss-reactive ketones (excluding diaryl/α,β-unsaturated/α-hetero) is 1. The van der Waals surface area contributed by atoms with Gasteiger partial charge >= 0.3 is 0 Å². The van der Waals surface area contributed by atoms with E-state index in [4.69, 9.17) is 4.74 Å². The Balaban J connectivity index is 2.50. The molecule has 18 heavy (non-hydrogen) atoms. The summed E-state index contributed by atoms with van der Waals surface area (Å²) in [6.45, 7) is 4.00. The highest BCUT2D eigenvalue weighted by molar-refractivity contribution is 9.10. The summed E-state index contributed by atoms with van der Waals surface area (Å²) in [7, 11) is 1.68. The topological polar surface area (TPSA) is 38.3 Å². The molecule has 1 N–H and O–H groups in total. The minimum absolute atomic E-state index is 0.0202. The Bertz CT molecular complexity index is 365. The van der Waals surface area contributed by atoms with Crippen LogP contribution in [0, 0.1) is 0 Å². The van der Waals surface area contributed by atoms with Crippen molar-refractivity contribution in [3.05, 3.63) is 34.3 Å². The van der Waals surface area contributed by atoms with Crippen molar-refractivity contribution in [2.75, 3.05) is 26.8 Å². The van der Waals surface area contributed by atoms with E-state index in [0.717, 1.165) is 29.5 Å². The average Bonchev–Trinajstić information content (AvgIpc) is 2.35. The van der Waals surface area contributed by atoms with Gasteiger partial charge in [-0.1, -0.05) is 28.1 Å². The van der Waals surface area contributed by atoms with E-state index in [1.807, 2.05) is 24.3 Å². The first-order chi connectivity index (χ1) is 8.65. The van der Waals surface area contributed by atoms with E-state index in [-0.39, 0.29) is 11.7 Å². The van der Waals surface area contributed by atoms with Crippen LogP contribution in [0.5, 0.6) is 0 Å². The fourth-order valence-corrected chi connectivity index (χ4v) is 2.11. The third kappa shape index (κ3) is 5.29. The maximum atomic E-state index is 11.7. The van der Waals surface area contributed by atoms with Crippen molar-refractivity contribution in [2.45, 2.75) is 19.3 Å². The fourth-order valence-electron chi connectivity index (χ4n) is 1.85. The molecule has 0 bridgehead atoms. The Morgan fingerprint density at radius 1 is 1.33 bits per heavy atom. The van der Waals surface area contributed by atoms with Crippen molar-refractivity contribution in [3.8, 4) is 0 Å². The molecule has 0 heterocycles. The molecule has 1 aromatic rings. The van der Waals surface area contributed by atoms with E-state index in [9.17, 15) is 4.79 Å². The summed E-state index contributed by atoms with van der Waals surface area (Å²) in [6.07, 6.45) is 0.820. The number of carbonyl (C=O) groups excluding carboxylic acids is 1. The van der Waals surface area contributed by atoms with Gasteiger partial charge < -0.3 is 10.1 Å². The summed E-state index contributed by atoms with van der Waals surface area (Å²) in [4.78, 5) is 11.7. The first kappa shape index (κ1) is 15.3. The van der Waals surface area contributed by atoms with Gasteiger partial charge in [0.05, 0.1) is 6.61 Å². The molecule has 1 aromatic carbocycles. The fraction of sp³-hybridized carbons (Fsp3) is 0.500. The second-order valence-corrected chi connectivity index (χ2v) is 5.16. The molecule has 1 atom stereocenters. The average molecular weight is 314 g/mol. The van der Waals surface area contributed by atoms with Crippen LogP contribution in [0.2, 0.25) is 0 Å². The molecule has 1 rings (SSSR count). The van der Waals surface area contributed by atoms with Gasteiger partial charge in [0.15, 0.2) is 0 Å². The molecule has 0 amide bonds. The SMILES string of the molecule is COCCNCC[C@@H](C(C)=O)c1ccc(Br)cc1. The Morgan fingerprint density at radius 2 is 2.00 bits per heavy atom. The highest BCUT2D eigenvalue weighted by Crippen LogP contribution is 2.22. The van der Waals surface area contributed by atoms with Gasteiger partial charge in [-0.3, -0.25) is 4.79 Å². The Kier molecular flexibility index (Phi) is 7.16. The van der Waals surface area contributed by atoms with Crippen LogP contribution in [-0.4, -0.2) is 32.6 Å². The minimum atomic E-state index is -0.0202. The van der Waals surface area contributed by atoms with Gasteiger partial charge in [0.1, 0.15) is 5.78 Å². The van der Waals surface area contributed by atoms with E-state index in [1.54, 1.807) is 14.0 Å². The molecule has 4 heteroatoms. The molecule has 0 radical (unpaired) electrons. The van der Waals surface area contributed by atoms with Crippen LogP contribution in [0.3, 0.4) is 0 Å². The number of methoxy groups -OCH3 is 1. The lowest BCUT2D eigenvalue weighted by Gasteiger charge is -2.14. The van der Waals surface area contributed by atoms with Gasteiger partial charge in [-0.25, -0.2) is 0 Å². The van der Waals surface area contributed by atoms with Crippen LogP contribution in [-0.2, 0) is 9.53 Å². The quantitative estimate of drug-likeness (QED) is 0.750. The van der Waals surface area contributed by atoms with Crippen LogP contribution in [0.1, 0.15) is 24.8 Å². The molecule has 0 aliphatic carbocycles. The molecule has 0 saturated carbocycles. The van der Waals surface area contributed by atoms with Crippen molar-refractivity contribution in [3.63, 3.8) is 0 Å². The van der Waals surface area contributed by atoms with Gasteiger partial charge in [0, 0.05) is 24.0 Å². The molecule has 0 spiro atoms. The van der Waals surface area contributed by atoms with Crippen molar-refractivity contribution in [1.82, 2.24) is 5.32 Å². The Hall–Kier alpha value is -0.710. The zero-order valence-electron chi connectivity index (χ0n) is 10.9. The summed E-state index contributed by atoms with van der Waals surface area (Å²) in [5.41, 5.74) is 1.08. The van der Waals surface area contributed by atoms with Crippen molar-refractivity contribution in [1.29, 1.82) is 0 Å². The summed E-state index contributed by atoms with van der Waals surface area (Å²) >= 11 is 3.40. The number of ketones is 1. The van der Waals surface area contributed by atoms with E-state index in [0.29, 0.717) is 6.61 Å². The maximum absolute atomic E-state index is 11.7. The van der Waals surface area contributed by atoms with Gasteiger partial charge in [-0.15, -0.1) is 0 Å². The number of hydrogen-bond donors (Lipinski definition) is 1. The standard InChI is InChI=1S/C14H20BrNO2/c1-11(17)14(7-8-16-9-10-18-2)12-3-5-13(15)6-4-12/h3-6,14,16H,7-10H2,1-2H3/t14-/m0/s1. The lowest BCUT2D eigenvalue weighted by molar-refractivity contribution is -0.118. The second-order valence-electron chi connectivity index (χ2n) is 4.25. The maximum Gasteiger partial charge on any atom is 0.137 e.